The minimum atomic E-state index is -1.28. The lowest BCUT2D eigenvalue weighted by Crippen LogP contribution is -2.66. The van der Waals surface area contributed by atoms with Crippen LogP contribution in [-0.2, 0) is 20.8 Å². The summed E-state index contributed by atoms with van der Waals surface area (Å²) in [5.41, 5.74) is 0.234. The monoisotopic (exact) mass is 630 g/mol. The number of hydrogen-bond donors (Lipinski definition) is 2. The summed E-state index contributed by atoms with van der Waals surface area (Å²) >= 11 is 0. The van der Waals surface area contributed by atoms with Crippen molar-refractivity contribution in [1.82, 2.24) is 5.32 Å². The van der Waals surface area contributed by atoms with Crippen LogP contribution in [0.25, 0.3) is 0 Å². The highest BCUT2D eigenvalue weighted by Crippen LogP contribution is 2.75. The van der Waals surface area contributed by atoms with E-state index < -0.39 is 17.4 Å². The molecule has 6 nitrogen and oxygen atoms in total. The van der Waals surface area contributed by atoms with Crippen LogP contribution in [0.4, 0.5) is 0 Å². The van der Waals surface area contributed by atoms with Crippen LogP contribution in [0.1, 0.15) is 112 Å². The zero-order valence-electron chi connectivity index (χ0n) is 29.4. The minimum absolute atomic E-state index is 0.0755. The third-order valence-corrected chi connectivity index (χ3v) is 15.1. The number of rotatable bonds is 5. The van der Waals surface area contributed by atoms with Gasteiger partial charge in [0.15, 0.2) is 5.78 Å². The number of aliphatic carboxylic acids is 1. The van der Waals surface area contributed by atoms with Gasteiger partial charge in [-0.2, -0.15) is 0 Å². The van der Waals surface area contributed by atoms with Crippen molar-refractivity contribution >= 4 is 17.7 Å². The smallest absolute Gasteiger partial charge is 0.226 e. The molecular formula is C40H56NO5-. The molecule has 0 radical (unpaired) electrons. The predicted octanol–water partition coefficient (Wildman–Crippen LogP) is 6.05. The maximum absolute atomic E-state index is 14.7. The first-order valence-corrected chi connectivity index (χ1v) is 17.8. The molecule has 0 saturated heterocycles. The van der Waals surface area contributed by atoms with Crippen molar-refractivity contribution in [2.45, 2.75) is 125 Å². The Morgan fingerprint density at radius 1 is 0.957 bits per heavy atom. The Morgan fingerprint density at radius 3 is 2.26 bits per heavy atom. The second-order valence-corrected chi connectivity index (χ2v) is 18.2. The summed E-state index contributed by atoms with van der Waals surface area (Å²) in [6, 6.07) is 8.23. The van der Waals surface area contributed by atoms with Gasteiger partial charge in [-0.15, -0.1) is 0 Å². The lowest BCUT2D eigenvalue weighted by molar-refractivity contribution is -0.308. The van der Waals surface area contributed by atoms with E-state index in [2.05, 4.69) is 53.8 Å². The number of amides is 1. The van der Waals surface area contributed by atoms with Gasteiger partial charge in [-0.1, -0.05) is 91.3 Å². The van der Waals surface area contributed by atoms with Crippen LogP contribution in [0, 0.1) is 56.2 Å². The molecule has 5 aliphatic rings. The van der Waals surface area contributed by atoms with E-state index in [0.29, 0.717) is 18.8 Å². The highest BCUT2D eigenvalue weighted by atomic mass is 16.4. The number of benzene rings is 1. The Kier molecular flexibility index (Phi) is 7.83. The van der Waals surface area contributed by atoms with Crippen molar-refractivity contribution in [3.8, 4) is 0 Å². The zero-order chi connectivity index (χ0) is 33.7. The number of carbonyl (C=O) groups excluding carboxylic acids is 3. The van der Waals surface area contributed by atoms with E-state index in [1.807, 2.05) is 43.3 Å². The molecule has 11 atom stereocenters. The van der Waals surface area contributed by atoms with Crippen LogP contribution in [0.2, 0.25) is 0 Å². The average molecular weight is 631 g/mol. The Balaban J connectivity index is 1.35. The van der Waals surface area contributed by atoms with E-state index in [0.717, 1.165) is 44.1 Å². The minimum Gasteiger partial charge on any atom is -0.548 e. The molecule has 0 spiro atoms. The molecular weight excluding hydrogens is 574 g/mol. The molecule has 0 aliphatic heterocycles. The van der Waals surface area contributed by atoms with Gasteiger partial charge in [-0.05, 0) is 114 Å². The summed E-state index contributed by atoms with van der Waals surface area (Å²) in [6.07, 6.45) is 8.57. The van der Waals surface area contributed by atoms with Crippen LogP contribution in [0.3, 0.4) is 0 Å². The molecule has 6 rings (SSSR count). The van der Waals surface area contributed by atoms with Gasteiger partial charge in [0.1, 0.15) is 0 Å². The first-order valence-electron chi connectivity index (χ1n) is 17.8. The molecule has 11 unspecified atom stereocenters. The first kappa shape index (κ1) is 33.4. The fourth-order valence-electron chi connectivity index (χ4n) is 12.7. The second-order valence-electron chi connectivity index (χ2n) is 18.2. The summed E-state index contributed by atoms with van der Waals surface area (Å²) < 4.78 is 0. The van der Waals surface area contributed by atoms with Crippen molar-refractivity contribution in [1.29, 1.82) is 0 Å². The average Bonchev–Trinajstić information content (AvgIpc) is 2.96. The molecule has 252 valence electrons. The standard InChI is InChI=1S/C40H57NO5/c1-24-22-37(5)19-18-36(4,34(46)41-27(33(44)45)20-25-12-10-9-11-13-25)23-40(37,8)26-21-28(42)32-38(6)17-15-30(43)35(2,3)29(38)14-16-39(32,7)31(24)26/h9-13,21,24,27,29-32,43H,14-20,22-23H2,1-8H3,(H,41,46)(H,44,45)/p-1. The number of allylic oxidation sites excluding steroid dienone is 2. The van der Waals surface area contributed by atoms with Crippen molar-refractivity contribution in [2.75, 3.05) is 0 Å². The summed E-state index contributed by atoms with van der Waals surface area (Å²) in [7, 11) is 0. The highest BCUT2D eigenvalue weighted by Gasteiger charge is 2.70. The maximum atomic E-state index is 14.7. The summed E-state index contributed by atoms with van der Waals surface area (Å²) in [5, 5.41) is 26.1. The van der Waals surface area contributed by atoms with Crippen LogP contribution in [0.5, 0.6) is 0 Å². The molecule has 6 heteroatoms. The normalized spacial score (nSPS) is 45.2. The van der Waals surface area contributed by atoms with E-state index in [1.54, 1.807) is 0 Å². The Labute approximate surface area is 276 Å². The maximum Gasteiger partial charge on any atom is 0.226 e. The lowest BCUT2D eigenvalue weighted by Gasteiger charge is -2.70. The molecule has 5 aliphatic carbocycles. The number of carbonyl (C=O) groups is 3. The molecule has 4 fully saturated rings. The molecule has 46 heavy (non-hydrogen) atoms. The molecule has 1 aromatic carbocycles. The number of aliphatic hydroxyl groups excluding tert-OH is 1. The van der Waals surface area contributed by atoms with Crippen molar-refractivity contribution in [3.63, 3.8) is 0 Å². The van der Waals surface area contributed by atoms with Gasteiger partial charge in [0, 0.05) is 11.3 Å². The van der Waals surface area contributed by atoms with Crippen LogP contribution in [0.15, 0.2) is 42.0 Å². The second kappa shape index (κ2) is 10.8. The third-order valence-electron chi connectivity index (χ3n) is 15.1. The number of carboxylic acids is 1. The fourth-order valence-corrected chi connectivity index (χ4v) is 12.7. The third kappa shape index (κ3) is 4.70. The lowest BCUT2D eigenvalue weighted by atomic mass is 9.33. The van der Waals surface area contributed by atoms with Crippen LogP contribution < -0.4 is 10.4 Å². The largest absolute Gasteiger partial charge is 0.548 e. The van der Waals surface area contributed by atoms with Gasteiger partial charge in [0.25, 0.3) is 0 Å². The number of fused-ring (bicyclic) bond motifs is 7. The van der Waals surface area contributed by atoms with E-state index in [9.17, 15) is 24.6 Å². The summed E-state index contributed by atoms with van der Waals surface area (Å²) in [4.78, 5) is 41.0. The van der Waals surface area contributed by atoms with Gasteiger partial charge >= 0.3 is 0 Å². The molecule has 0 heterocycles. The summed E-state index contributed by atoms with van der Waals surface area (Å²) in [6.45, 7) is 18.2. The molecule has 0 bridgehead atoms. The highest BCUT2D eigenvalue weighted by molar-refractivity contribution is 5.95. The molecule has 0 aromatic heterocycles. The van der Waals surface area contributed by atoms with Gasteiger partial charge in [-0.3, -0.25) is 9.59 Å². The van der Waals surface area contributed by atoms with E-state index in [4.69, 9.17) is 0 Å². The molecule has 1 amide bonds. The SMILES string of the molecule is CC1CC2(C)CCC(C)(C(=O)NC(Cc3ccccc3)C(=O)[O-])CC2(C)C2=CC(=O)C3C(C)(CCC4C(C)(C)C(O)CCC43C)C21. The van der Waals surface area contributed by atoms with Gasteiger partial charge in [0.05, 0.1) is 18.1 Å². The Morgan fingerprint density at radius 2 is 1.61 bits per heavy atom. The molecule has 1 aromatic rings. The van der Waals surface area contributed by atoms with E-state index >= 15 is 0 Å². The van der Waals surface area contributed by atoms with Gasteiger partial charge < -0.3 is 20.3 Å². The van der Waals surface area contributed by atoms with Crippen LogP contribution in [-0.4, -0.2) is 34.9 Å². The molecule has 2 N–H and O–H groups in total. The quantitative estimate of drug-likeness (QED) is 0.412. The zero-order valence-corrected chi connectivity index (χ0v) is 29.4. The first-order chi connectivity index (χ1) is 21.3. The number of aliphatic hydroxyl groups is 1. The van der Waals surface area contributed by atoms with E-state index in [1.165, 1.54) is 5.57 Å². The van der Waals surface area contributed by atoms with Crippen LogP contribution >= 0.6 is 0 Å². The predicted molar refractivity (Wildman–Crippen MR) is 177 cm³/mol. The Bertz CT molecular complexity index is 1450. The van der Waals surface area contributed by atoms with Crippen molar-refractivity contribution in [3.05, 3.63) is 47.5 Å². The fraction of sp³-hybridized carbons (Fsp3) is 0.725. The Hall–Kier alpha value is -2.47. The molecule has 4 saturated carbocycles. The van der Waals surface area contributed by atoms with Crippen molar-refractivity contribution in [2.24, 2.45) is 56.2 Å². The topological polar surface area (TPSA) is 107 Å². The van der Waals surface area contributed by atoms with E-state index in [-0.39, 0.29) is 69.0 Å². The number of ketones is 1. The number of nitrogens with one attached hydrogen (secondary N) is 1. The van der Waals surface area contributed by atoms with Gasteiger partial charge in [0.2, 0.25) is 5.91 Å². The number of hydrogen-bond acceptors (Lipinski definition) is 5. The number of carboxylic acid groups (broad SMARTS) is 1. The van der Waals surface area contributed by atoms with Crippen molar-refractivity contribution < 1.29 is 24.6 Å². The summed E-state index contributed by atoms with van der Waals surface area (Å²) in [5.74, 6) is -0.439. The van der Waals surface area contributed by atoms with Gasteiger partial charge in [-0.25, -0.2) is 0 Å².